The molecule has 0 fully saturated rings. The zero-order valence-corrected chi connectivity index (χ0v) is 13.3. The number of hydrogen-bond donors (Lipinski definition) is 0. The number of fused-ring (bicyclic) bond motifs is 1. The van der Waals surface area contributed by atoms with Crippen LogP contribution < -0.4 is 0 Å². The molecular formula is C19H17N5. The molecule has 118 valence electrons. The van der Waals surface area contributed by atoms with Gasteiger partial charge in [0.05, 0.1) is 18.2 Å². The lowest BCUT2D eigenvalue weighted by Gasteiger charge is -2.14. The van der Waals surface area contributed by atoms with Gasteiger partial charge in [-0.15, -0.1) is 0 Å². The van der Waals surface area contributed by atoms with Gasteiger partial charge in [-0.2, -0.15) is 10.4 Å². The van der Waals surface area contributed by atoms with E-state index in [0.717, 1.165) is 24.1 Å². The van der Waals surface area contributed by atoms with E-state index in [2.05, 4.69) is 20.7 Å². The molecule has 0 spiro atoms. The van der Waals surface area contributed by atoms with Crippen LogP contribution in [-0.4, -0.2) is 19.7 Å². The molecule has 0 unspecified atom stereocenters. The van der Waals surface area contributed by atoms with Crippen molar-refractivity contribution in [3.05, 3.63) is 65.1 Å². The first-order valence-electron chi connectivity index (χ1n) is 8.20. The maximum absolute atomic E-state index is 9.08. The topological polar surface area (TPSA) is 67.4 Å². The van der Waals surface area contributed by atoms with E-state index in [-0.39, 0.29) is 0 Å². The van der Waals surface area contributed by atoms with E-state index in [9.17, 15) is 0 Å². The number of nitriles is 1. The molecule has 0 bridgehead atoms. The maximum atomic E-state index is 9.08. The van der Waals surface area contributed by atoms with E-state index in [1.807, 2.05) is 30.3 Å². The Hall–Kier alpha value is -3.00. The minimum absolute atomic E-state index is 0.671. The molecule has 3 aromatic rings. The summed E-state index contributed by atoms with van der Waals surface area (Å²) < 4.78 is 2.07. The average molecular weight is 315 g/mol. The van der Waals surface area contributed by atoms with Crippen molar-refractivity contribution in [2.75, 3.05) is 0 Å². The zero-order valence-electron chi connectivity index (χ0n) is 13.3. The van der Waals surface area contributed by atoms with Gasteiger partial charge in [-0.25, -0.2) is 9.97 Å². The van der Waals surface area contributed by atoms with Crippen molar-refractivity contribution in [1.82, 2.24) is 19.7 Å². The van der Waals surface area contributed by atoms with Crippen molar-refractivity contribution in [3.8, 4) is 17.6 Å². The molecule has 4 rings (SSSR count). The highest BCUT2D eigenvalue weighted by atomic mass is 15.3. The van der Waals surface area contributed by atoms with E-state index < -0.39 is 0 Å². The first-order valence-corrected chi connectivity index (χ1v) is 8.20. The summed E-state index contributed by atoms with van der Waals surface area (Å²) in [7, 11) is 0. The van der Waals surface area contributed by atoms with Crippen molar-refractivity contribution in [2.24, 2.45) is 0 Å². The third kappa shape index (κ3) is 2.67. The largest absolute Gasteiger partial charge is 0.264 e. The molecule has 1 aliphatic carbocycles. The highest BCUT2D eigenvalue weighted by Gasteiger charge is 2.23. The van der Waals surface area contributed by atoms with Gasteiger partial charge < -0.3 is 0 Å². The number of aromatic nitrogens is 4. The number of nitrogens with zero attached hydrogens (tertiary/aromatic N) is 5. The average Bonchev–Trinajstić information content (AvgIpc) is 3.01. The standard InChI is InChI=1S/C19H17N5/c20-12-14-5-3-6-15(11-14)13-24-17-8-2-1-7-16(17)18(23-24)19-21-9-4-10-22-19/h3-6,9-11H,1-2,7-8,13H2. The maximum Gasteiger partial charge on any atom is 0.180 e. The molecule has 1 aliphatic rings. The fraction of sp³-hybridized carbons (Fsp3) is 0.263. The fourth-order valence-electron chi connectivity index (χ4n) is 3.31. The first-order chi connectivity index (χ1) is 11.8. The molecule has 2 heterocycles. The van der Waals surface area contributed by atoms with Gasteiger partial charge in [0.1, 0.15) is 5.69 Å². The number of hydrogen-bond acceptors (Lipinski definition) is 4. The lowest BCUT2D eigenvalue weighted by Crippen LogP contribution is -2.10. The van der Waals surface area contributed by atoms with Gasteiger partial charge in [0.15, 0.2) is 5.82 Å². The SMILES string of the molecule is N#Cc1cccc(Cn2nc(-c3ncccn3)c3c2CCCC3)c1. The summed E-state index contributed by atoms with van der Waals surface area (Å²) in [6, 6.07) is 11.7. The van der Waals surface area contributed by atoms with Crippen LogP contribution in [-0.2, 0) is 19.4 Å². The minimum Gasteiger partial charge on any atom is -0.264 e. The Morgan fingerprint density at radius 1 is 1.08 bits per heavy atom. The summed E-state index contributed by atoms with van der Waals surface area (Å²) in [6.45, 7) is 0.671. The quantitative estimate of drug-likeness (QED) is 0.744. The molecule has 0 aliphatic heterocycles. The smallest absolute Gasteiger partial charge is 0.180 e. The molecule has 5 nitrogen and oxygen atoms in total. The van der Waals surface area contributed by atoms with E-state index in [1.165, 1.54) is 24.1 Å². The van der Waals surface area contributed by atoms with Crippen LogP contribution >= 0.6 is 0 Å². The van der Waals surface area contributed by atoms with Gasteiger partial charge in [0.2, 0.25) is 0 Å². The Balaban J connectivity index is 1.76. The Labute approximate surface area is 140 Å². The van der Waals surface area contributed by atoms with Crippen LogP contribution in [0.5, 0.6) is 0 Å². The molecule has 0 amide bonds. The molecule has 0 atom stereocenters. The van der Waals surface area contributed by atoms with Crippen molar-refractivity contribution >= 4 is 0 Å². The van der Waals surface area contributed by atoms with Crippen molar-refractivity contribution < 1.29 is 0 Å². The van der Waals surface area contributed by atoms with Crippen LogP contribution in [0.15, 0.2) is 42.7 Å². The second kappa shape index (κ2) is 6.25. The van der Waals surface area contributed by atoms with E-state index in [1.54, 1.807) is 12.4 Å². The van der Waals surface area contributed by atoms with Crippen molar-refractivity contribution in [2.45, 2.75) is 32.2 Å². The van der Waals surface area contributed by atoms with Crippen LogP contribution in [0.2, 0.25) is 0 Å². The Kier molecular flexibility index (Phi) is 3.80. The molecule has 0 saturated carbocycles. The highest BCUT2D eigenvalue weighted by Crippen LogP contribution is 2.29. The summed E-state index contributed by atoms with van der Waals surface area (Å²) in [6.07, 6.45) is 7.95. The Morgan fingerprint density at radius 3 is 2.75 bits per heavy atom. The summed E-state index contributed by atoms with van der Waals surface area (Å²) in [5.41, 5.74) is 5.24. The third-order valence-corrected chi connectivity index (χ3v) is 4.42. The molecule has 5 heteroatoms. The monoisotopic (exact) mass is 315 g/mol. The third-order valence-electron chi connectivity index (χ3n) is 4.42. The minimum atomic E-state index is 0.671. The second-order valence-electron chi connectivity index (χ2n) is 6.02. The fourth-order valence-corrected chi connectivity index (χ4v) is 3.31. The first kappa shape index (κ1) is 14.6. The molecule has 0 saturated heterocycles. The summed E-state index contributed by atoms with van der Waals surface area (Å²) in [5, 5.41) is 13.9. The van der Waals surface area contributed by atoms with E-state index in [4.69, 9.17) is 10.4 Å². The summed E-state index contributed by atoms with van der Waals surface area (Å²) in [4.78, 5) is 8.75. The van der Waals surface area contributed by atoms with Gasteiger partial charge in [0, 0.05) is 23.7 Å². The van der Waals surface area contributed by atoms with Gasteiger partial charge in [-0.3, -0.25) is 4.68 Å². The van der Waals surface area contributed by atoms with Crippen LogP contribution in [0.3, 0.4) is 0 Å². The zero-order chi connectivity index (χ0) is 16.4. The predicted molar refractivity (Wildman–Crippen MR) is 90.2 cm³/mol. The molecule has 24 heavy (non-hydrogen) atoms. The van der Waals surface area contributed by atoms with E-state index >= 15 is 0 Å². The summed E-state index contributed by atoms with van der Waals surface area (Å²) in [5.74, 6) is 0.695. The van der Waals surface area contributed by atoms with Crippen LogP contribution in [0, 0.1) is 11.3 Å². The second-order valence-corrected chi connectivity index (χ2v) is 6.02. The molecule has 1 aromatic carbocycles. The molecular weight excluding hydrogens is 298 g/mol. The molecule has 0 N–H and O–H groups in total. The molecule has 2 aromatic heterocycles. The Morgan fingerprint density at radius 2 is 1.92 bits per heavy atom. The normalized spacial score (nSPS) is 13.3. The van der Waals surface area contributed by atoms with Crippen molar-refractivity contribution in [3.63, 3.8) is 0 Å². The number of benzene rings is 1. The lowest BCUT2D eigenvalue weighted by molar-refractivity contribution is 0.595. The predicted octanol–water partition coefficient (Wildman–Crippen LogP) is 3.14. The number of rotatable bonds is 3. The van der Waals surface area contributed by atoms with Crippen LogP contribution in [0.1, 0.15) is 35.2 Å². The van der Waals surface area contributed by atoms with Crippen LogP contribution in [0.4, 0.5) is 0 Å². The van der Waals surface area contributed by atoms with Crippen molar-refractivity contribution in [1.29, 1.82) is 5.26 Å². The van der Waals surface area contributed by atoms with Gasteiger partial charge in [0.25, 0.3) is 0 Å². The van der Waals surface area contributed by atoms with Gasteiger partial charge >= 0.3 is 0 Å². The Bertz CT molecular complexity index is 905. The van der Waals surface area contributed by atoms with Crippen LogP contribution in [0.25, 0.3) is 11.5 Å². The summed E-state index contributed by atoms with van der Waals surface area (Å²) >= 11 is 0. The van der Waals surface area contributed by atoms with Gasteiger partial charge in [-0.05, 0) is 49.4 Å². The molecule has 0 radical (unpaired) electrons. The lowest BCUT2D eigenvalue weighted by atomic mass is 9.95. The van der Waals surface area contributed by atoms with E-state index in [0.29, 0.717) is 17.9 Å². The highest BCUT2D eigenvalue weighted by molar-refractivity contribution is 5.57. The van der Waals surface area contributed by atoms with Gasteiger partial charge in [-0.1, -0.05) is 12.1 Å².